The monoisotopic (exact) mass is 762 g/mol. The summed E-state index contributed by atoms with van der Waals surface area (Å²) < 4.78 is 103. The van der Waals surface area contributed by atoms with E-state index < -0.39 is 51.7 Å². The van der Waals surface area contributed by atoms with Crippen LogP contribution in [0.25, 0.3) is 0 Å². The molecule has 0 amide bonds. The number of rotatable bonds is 9. The van der Waals surface area contributed by atoms with Gasteiger partial charge in [-0.25, -0.2) is 26.3 Å². The van der Waals surface area contributed by atoms with Gasteiger partial charge in [0.25, 0.3) is 0 Å². The predicted octanol–water partition coefficient (Wildman–Crippen LogP) is 12.4. The van der Waals surface area contributed by atoms with Crippen molar-refractivity contribution in [3.05, 3.63) is 248 Å². The molecule has 0 N–H and O–H groups in total. The van der Waals surface area contributed by atoms with E-state index in [-0.39, 0.29) is 38.9 Å². The Morgan fingerprint density at radius 1 is 0.327 bits per heavy atom. The van der Waals surface area contributed by atoms with Gasteiger partial charge in [-0.1, -0.05) is 143 Å². The van der Waals surface area contributed by atoms with Gasteiger partial charge in [0.05, 0.1) is 10.8 Å². The Kier molecular flexibility index (Phi) is 9.64. The van der Waals surface area contributed by atoms with Crippen molar-refractivity contribution in [1.82, 2.24) is 0 Å². The highest BCUT2D eigenvalue weighted by Gasteiger charge is 2.65. The molecule has 0 aliphatic rings. The number of hydrogen-bond donors (Lipinski definition) is 0. The van der Waals surface area contributed by atoms with E-state index in [2.05, 4.69) is 15.9 Å². The molecule has 0 unspecified atom stereocenters. The second-order valence-corrected chi connectivity index (χ2v) is 13.3. The molecule has 0 aromatic heterocycles. The van der Waals surface area contributed by atoms with E-state index >= 15 is 26.3 Å². The zero-order chi connectivity index (χ0) is 36.5. The maximum Gasteiger partial charge on any atom is 0.127 e. The minimum Gasteiger partial charge on any atom is -0.207 e. The van der Waals surface area contributed by atoms with Gasteiger partial charge in [0.2, 0.25) is 0 Å². The van der Waals surface area contributed by atoms with Crippen molar-refractivity contribution in [2.75, 3.05) is 0 Å². The van der Waals surface area contributed by atoms with Gasteiger partial charge >= 0.3 is 0 Å². The molecule has 0 fully saturated rings. The molecule has 7 heteroatoms. The Labute approximate surface area is 306 Å². The average Bonchev–Trinajstić information content (AvgIpc) is 3.15. The fraction of sp³-hybridized carbons (Fsp3) is 0.0667. The summed E-state index contributed by atoms with van der Waals surface area (Å²) in [5.41, 5.74) is -5.89. The van der Waals surface area contributed by atoms with E-state index in [1.54, 1.807) is 36.4 Å². The smallest absolute Gasteiger partial charge is 0.127 e. The normalized spacial score (nSPS) is 11.9. The Morgan fingerprint density at radius 3 is 0.962 bits per heavy atom. The molecule has 7 rings (SSSR count). The predicted molar refractivity (Wildman–Crippen MR) is 195 cm³/mol. The molecule has 0 atom stereocenters. The van der Waals surface area contributed by atoms with Gasteiger partial charge in [-0.3, -0.25) is 0 Å². The van der Waals surface area contributed by atoms with E-state index in [9.17, 15) is 0 Å². The van der Waals surface area contributed by atoms with Gasteiger partial charge < -0.3 is 0 Å². The second kappa shape index (κ2) is 14.3. The highest BCUT2D eigenvalue weighted by Crippen LogP contribution is 2.66. The molecule has 0 heterocycles. The van der Waals surface area contributed by atoms with Crippen LogP contribution in [-0.2, 0) is 10.8 Å². The fourth-order valence-electron chi connectivity index (χ4n) is 8.06. The highest BCUT2D eigenvalue weighted by molar-refractivity contribution is 9.10. The zero-order valence-electron chi connectivity index (χ0n) is 27.4. The van der Waals surface area contributed by atoms with Crippen molar-refractivity contribution in [3.63, 3.8) is 0 Å². The van der Waals surface area contributed by atoms with Crippen molar-refractivity contribution in [2.24, 2.45) is 0 Å². The first kappa shape index (κ1) is 35.0. The minimum atomic E-state index is -2.47. The minimum absolute atomic E-state index is 0.164. The summed E-state index contributed by atoms with van der Waals surface area (Å²) in [5.74, 6) is -6.83. The van der Waals surface area contributed by atoms with Crippen LogP contribution in [0, 0.1) is 34.9 Å². The summed E-state index contributed by atoms with van der Waals surface area (Å²) in [7, 11) is 0. The molecule has 0 bridgehead atoms. The largest absolute Gasteiger partial charge is 0.207 e. The van der Waals surface area contributed by atoms with Crippen LogP contribution in [-0.4, -0.2) is 0 Å². The van der Waals surface area contributed by atoms with Gasteiger partial charge in [-0.2, -0.15) is 0 Å². The first-order valence-corrected chi connectivity index (χ1v) is 17.3. The van der Waals surface area contributed by atoms with Gasteiger partial charge in [0.1, 0.15) is 34.9 Å². The van der Waals surface area contributed by atoms with E-state index in [1.807, 2.05) is 0 Å². The SMILES string of the molecule is Fc1ccccc1C(c1ccccc1F)C(c1ccccc1F)(c1ccccc1F)C(c1ccccc1F)(c1ccccc1F)c1ccccc1Br. The Hall–Kier alpha value is -5.40. The molecule has 0 nitrogen and oxygen atoms in total. The molecule has 0 aliphatic heterocycles. The topological polar surface area (TPSA) is 0 Å². The molecule has 0 radical (unpaired) electrons. The lowest BCUT2D eigenvalue weighted by Gasteiger charge is -2.57. The number of halogens is 7. The molecular formula is C45H29BrF6. The summed E-state index contributed by atoms with van der Waals surface area (Å²) >= 11 is 3.66. The Balaban J connectivity index is 1.94. The molecule has 0 aliphatic carbocycles. The lowest BCUT2D eigenvalue weighted by atomic mass is 9.43. The van der Waals surface area contributed by atoms with Crippen LogP contribution < -0.4 is 0 Å². The molecule has 7 aromatic carbocycles. The van der Waals surface area contributed by atoms with E-state index in [1.165, 1.54) is 121 Å². The maximum atomic E-state index is 17.4. The summed E-state index contributed by atoms with van der Waals surface area (Å²) in [5, 5.41) is 0. The summed E-state index contributed by atoms with van der Waals surface area (Å²) in [6, 6.07) is 39.9. The van der Waals surface area contributed by atoms with Gasteiger partial charge in [0, 0.05) is 32.6 Å². The lowest BCUT2D eigenvalue weighted by molar-refractivity contribution is 0.276. The number of benzene rings is 7. The zero-order valence-corrected chi connectivity index (χ0v) is 29.0. The molecule has 0 saturated heterocycles. The van der Waals surface area contributed by atoms with Crippen molar-refractivity contribution in [2.45, 2.75) is 16.7 Å². The van der Waals surface area contributed by atoms with Crippen LogP contribution in [0.5, 0.6) is 0 Å². The summed E-state index contributed by atoms with van der Waals surface area (Å²) in [6.45, 7) is 0. The third kappa shape index (κ3) is 5.46. The molecule has 0 spiro atoms. The maximum absolute atomic E-state index is 17.4. The second-order valence-electron chi connectivity index (χ2n) is 12.4. The molecule has 0 saturated carbocycles. The van der Waals surface area contributed by atoms with Crippen molar-refractivity contribution in [3.8, 4) is 0 Å². The van der Waals surface area contributed by atoms with Crippen molar-refractivity contribution >= 4 is 15.9 Å². The molecule has 258 valence electrons. The first-order chi connectivity index (χ1) is 25.2. The van der Waals surface area contributed by atoms with Crippen molar-refractivity contribution in [1.29, 1.82) is 0 Å². The highest BCUT2D eigenvalue weighted by atomic mass is 79.9. The van der Waals surface area contributed by atoms with Crippen LogP contribution in [0.2, 0.25) is 0 Å². The van der Waals surface area contributed by atoms with Crippen LogP contribution in [0.15, 0.2) is 174 Å². The number of hydrogen-bond acceptors (Lipinski definition) is 0. The molecule has 7 aromatic rings. The quantitative estimate of drug-likeness (QED) is 0.101. The van der Waals surface area contributed by atoms with Gasteiger partial charge in [-0.05, 0) is 59.2 Å². The van der Waals surface area contributed by atoms with Gasteiger partial charge in [-0.15, -0.1) is 0 Å². The third-order valence-electron chi connectivity index (χ3n) is 9.89. The van der Waals surface area contributed by atoms with Crippen LogP contribution in [0.1, 0.15) is 44.9 Å². The molecule has 52 heavy (non-hydrogen) atoms. The molecular weight excluding hydrogens is 734 g/mol. The third-order valence-corrected chi connectivity index (χ3v) is 10.6. The summed E-state index contributed by atoms with van der Waals surface area (Å²) in [6.07, 6.45) is 0. The lowest BCUT2D eigenvalue weighted by Crippen LogP contribution is -2.57. The fourth-order valence-corrected chi connectivity index (χ4v) is 8.64. The van der Waals surface area contributed by atoms with E-state index in [4.69, 9.17) is 0 Å². The standard InChI is InChI=1S/C45H29BrF6/c46-36-22-8-3-17-31(36)44(32-18-4-11-25-39(32)49,33-19-5-12-26-40(33)50)45(34-20-6-13-27-41(34)51,35-21-7-14-28-42(35)52)43(29-15-1-9-23-37(29)47)30-16-2-10-24-38(30)48/h1-28,43H. The van der Waals surface area contributed by atoms with Crippen LogP contribution >= 0.6 is 15.9 Å². The Morgan fingerprint density at radius 2 is 0.615 bits per heavy atom. The van der Waals surface area contributed by atoms with Crippen molar-refractivity contribution < 1.29 is 26.3 Å². The first-order valence-electron chi connectivity index (χ1n) is 16.5. The van der Waals surface area contributed by atoms with E-state index in [0.717, 1.165) is 12.1 Å². The Bertz CT molecular complexity index is 2190. The van der Waals surface area contributed by atoms with Crippen LogP contribution in [0.4, 0.5) is 26.3 Å². The average molecular weight is 764 g/mol. The van der Waals surface area contributed by atoms with Crippen LogP contribution in [0.3, 0.4) is 0 Å². The van der Waals surface area contributed by atoms with E-state index in [0.29, 0.717) is 4.47 Å². The van der Waals surface area contributed by atoms with Gasteiger partial charge in [0.15, 0.2) is 0 Å². The summed E-state index contributed by atoms with van der Waals surface area (Å²) in [4.78, 5) is 0.